The van der Waals surface area contributed by atoms with Gasteiger partial charge in [-0.1, -0.05) is 0 Å². The fraction of sp³-hybridized carbons (Fsp3) is 0.636. The van der Waals surface area contributed by atoms with Crippen LogP contribution in [0, 0.1) is 11.7 Å². The summed E-state index contributed by atoms with van der Waals surface area (Å²) in [6.45, 7) is 9.47. The molecule has 7 heteroatoms. The number of hydrogen-bond acceptors (Lipinski definition) is 6. The van der Waals surface area contributed by atoms with Crippen molar-refractivity contribution in [2.24, 2.45) is 5.92 Å². The fourth-order valence-electron chi connectivity index (χ4n) is 4.72. The van der Waals surface area contributed by atoms with E-state index in [0.29, 0.717) is 17.7 Å². The van der Waals surface area contributed by atoms with Crippen molar-refractivity contribution in [1.29, 1.82) is 0 Å². The molecule has 2 fully saturated rings. The minimum absolute atomic E-state index is 0.234. The van der Waals surface area contributed by atoms with E-state index < -0.39 is 5.82 Å². The van der Waals surface area contributed by atoms with E-state index in [0.717, 1.165) is 62.7 Å². The average molecular weight is 403 g/mol. The van der Waals surface area contributed by atoms with E-state index in [4.69, 9.17) is 9.47 Å². The molecule has 0 bridgehead atoms. The second-order valence-electron chi connectivity index (χ2n) is 8.44. The molecule has 3 heterocycles. The van der Waals surface area contributed by atoms with Crippen molar-refractivity contribution in [2.75, 3.05) is 44.7 Å². The highest BCUT2D eigenvalue weighted by Crippen LogP contribution is 2.32. The molecule has 0 spiro atoms. The number of rotatable bonds is 5. The predicted octanol–water partition coefficient (Wildman–Crippen LogP) is 3.49. The Hall–Kier alpha value is -1.99. The van der Waals surface area contributed by atoms with E-state index in [9.17, 15) is 4.39 Å². The average Bonchev–Trinajstić information content (AvgIpc) is 2.71. The molecule has 0 radical (unpaired) electrons. The Labute approximate surface area is 172 Å². The van der Waals surface area contributed by atoms with Crippen LogP contribution < -0.4 is 9.64 Å². The lowest BCUT2D eigenvalue weighted by Gasteiger charge is -2.37. The zero-order valence-electron chi connectivity index (χ0n) is 17.6. The van der Waals surface area contributed by atoms with Crippen LogP contribution in [0.4, 0.5) is 10.2 Å². The van der Waals surface area contributed by atoms with Crippen molar-refractivity contribution >= 4 is 16.7 Å². The molecule has 6 nitrogen and oxygen atoms in total. The molecule has 2 aliphatic heterocycles. The number of hydrogen-bond donors (Lipinski definition) is 0. The number of halogens is 1. The molecule has 0 N–H and O–H groups in total. The molecule has 2 aromatic rings. The van der Waals surface area contributed by atoms with Gasteiger partial charge in [0.2, 0.25) is 0 Å². The quantitative estimate of drug-likeness (QED) is 0.763. The minimum Gasteiger partial charge on any atom is -0.494 e. The van der Waals surface area contributed by atoms with E-state index in [1.54, 1.807) is 6.07 Å². The van der Waals surface area contributed by atoms with E-state index >= 15 is 0 Å². The van der Waals surface area contributed by atoms with Crippen LogP contribution in [0.15, 0.2) is 18.5 Å². The molecular weight excluding hydrogens is 371 g/mol. The Morgan fingerprint density at radius 2 is 1.86 bits per heavy atom. The summed E-state index contributed by atoms with van der Waals surface area (Å²) in [7, 11) is 1.48. The Kier molecular flexibility index (Phi) is 6.15. The normalized spacial score (nSPS) is 24.2. The number of ether oxygens (including phenoxy) is 2. The summed E-state index contributed by atoms with van der Waals surface area (Å²) in [6.07, 6.45) is 5.72. The zero-order chi connectivity index (χ0) is 20.4. The molecule has 2 atom stereocenters. The molecule has 29 heavy (non-hydrogen) atoms. The van der Waals surface area contributed by atoms with Crippen LogP contribution in [-0.2, 0) is 4.74 Å². The number of anilines is 1. The summed E-state index contributed by atoms with van der Waals surface area (Å²) in [5, 5.41) is 0.848. The number of benzene rings is 1. The molecule has 1 aromatic carbocycles. The van der Waals surface area contributed by atoms with Gasteiger partial charge in [-0.15, -0.1) is 0 Å². The van der Waals surface area contributed by atoms with Crippen LogP contribution in [0.5, 0.6) is 5.75 Å². The number of piperidine rings is 1. The molecule has 0 amide bonds. The zero-order valence-corrected chi connectivity index (χ0v) is 17.6. The van der Waals surface area contributed by atoms with Crippen LogP contribution in [0.2, 0.25) is 0 Å². The number of aromatic nitrogens is 2. The molecule has 2 saturated heterocycles. The first-order valence-corrected chi connectivity index (χ1v) is 10.6. The van der Waals surface area contributed by atoms with Crippen LogP contribution >= 0.6 is 0 Å². The lowest BCUT2D eigenvalue weighted by molar-refractivity contribution is -0.0690. The lowest BCUT2D eigenvalue weighted by Crippen LogP contribution is -2.46. The monoisotopic (exact) mass is 402 g/mol. The predicted molar refractivity (Wildman–Crippen MR) is 112 cm³/mol. The molecule has 4 rings (SSSR count). The lowest BCUT2D eigenvalue weighted by atomic mass is 9.93. The van der Waals surface area contributed by atoms with Gasteiger partial charge in [-0.25, -0.2) is 14.4 Å². The number of morpholine rings is 1. The highest BCUT2D eigenvalue weighted by molar-refractivity contribution is 5.90. The number of nitrogens with zero attached hydrogens (tertiary/aromatic N) is 4. The van der Waals surface area contributed by atoms with Crippen molar-refractivity contribution in [3.63, 3.8) is 0 Å². The highest BCUT2D eigenvalue weighted by Gasteiger charge is 2.25. The van der Waals surface area contributed by atoms with E-state index in [-0.39, 0.29) is 5.75 Å². The van der Waals surface area contributed by atoms with Gasteiger partial charge in [0.1, 0.15) is 12.1 Å². The van der Waals surface area contributed by atoms with Gasteiger partial charge in [0.15, 0.2) is 11.6 Å². The minimum atomic E-state index is -0.393. The van der Waals surface area contributed by atoms with Crippen LogP contribution in [0.1, 0.15) is 33.1 Å². The summed E-state index contributed by atoms with van der Waals surface area (Å²) in [5.74, 6) is 1.45. The third-order valence-corrected chi connectivity index (χ3v) is 6.15. The third-order valence-electron chi connectivity index (χ3n) is 6.15. The van der Waals surface area contributed by atoms with Gasteiger partial charge in [0.05, 0.1) is 24.8 Å². The summed E-state index contributed by atoms with van der Waals surface area (Å²) in [5.41, 5.74) is 0.617. The van der Waals surface area contributed by atoms with E-state index in [1.165, 1.54) is 25.9 Å². The van der Waals surface area contributed by atoms with Gasteiger partial charge in [-0.05, 0) is 51.6 Å². The summed E-state index contributed by atoms with van der Waals surface area (Å²) >= 11 is 0. The maximum absolute atomic E-state index is 14.0. The molecule has 2 unspecified atom stereocenters. The van der Waals surface area contributed by atoms with Crippen LogP contribution in [-0.4, -0.2) is 66.9 Å². The Bertz CT molecular complexity index is 831. The summed E-state index contributed by atoms with van der Waals surface area (Å²) in [6, 6.07) is 3.14. The van der Waals surface area contributed by atoms with Crippen LogP contribution in [0.25, 0.3) is 10.9 Å². The second-order valence-corrected chi connectivity index (χ2v) is 8.44. The van der Waals surface area contributed by atoms with Gasteiger partial charge < -0.3 is 14.4 Å². The molecule has 1 aromatic heterocycles. The van der Waals surface area contributed by atoms with Gasteiger partial charge >= 0.3 is 0 Å². The number of methoxy groups -OCH3 is 1. The fourth-order valence-corrected chi connectivity index (χ4v) is 4.72. The van der Waals surface area contributed by atoms with Gasteiger partial charge in [-0.2, -0.15) is 0 Å². The van der Waals surface area contributed by atoms with Gasteiger partial charge in [0, 0.05) is 37.6 Å². The van der Waals surface area contributed by atoms with Crippen molar-refractivity contribution in [2.45, 2.75) is 45.3 Å². The molecule has 2 aliphatic rings. The third kappa shape index (κ3) is 4.61. The Balaban J connectivity index is 1.37. The summed E-state index contributed by atoms with van der Waals surface area (Å²) < 4.78 is 25.0. The highest BCUT2D eigenvalue weighted by atomic mass is 19.1. The van der Waals surface area contributed by atoms with Gasteiger partial charge in [-0.3, -0.25) is 4.90 Å². The van der Waals surface area contributed by atoms with Gasteiger partial charge in [0.25, 0.3) is 0 Å². The first kappa shape index (κ1) is 20.3. The maximum atomic E-state index is 14.0. The van der Waals surface area contributed by atoms with Crippen molar-refractivity contribution in [3.05, 3.63) is 24.3 Å². The maximum Gasteiger partial charge on any atom is 0.167 e. The van der Waals surface area contributed by atoms with Crippen molar-refractivity contribution < 1.29 is 13.9 Å². The second kappa shape index (κ2) is 8.79. The van der Waals surface area contributed by atoms with Crippen LogP contribution in [0.3, 0.4) is 0 Å². The topological polar surface area (TPSA) is 50.7 Å². The largest absolute Gasteiger partial charge is 0.494 e. The Morgan fingerprint density at radius 1 is 1.14 bits per heavy atom. The Morgan fingerprint density at radius 3 is 2.55 bits per heavy atom. The van der Waals surface area contributed by atoms with Crippen molar-refractivity contribution in [3.8, 4) is 5.75 Å². The SMILES string of the molecule is COc1cc2c(N3CCC(CCN4CC(C)OC(C)C4)CC3)ncnc2cc1F. The molecule has 158 valence electrons. The first-order valence-electron chi connectivity index (χ1n) is 10.6. The molecular formula is C22H31FN4O2. The molecule has 0 aliphatic carbocycles. The standard InChI is InChI=1S/C22H31FN4O2/c1-15-12-26(13-16(2)29-15)7-4-17-5-8-27(9-6-17)22-18-10-21(28-3)19(23)11-20(18)24-14-25-22/h10-11,14-17H,4-9,12-13H2,1-3H3. The van der Waals surface area contributed by atoms with Crippen molar-refractivity contribution in [1.82, 2.24) is 14.9 Å². The van der Waals surface area contributed by atoms with E-state index in [2.05, 4.69) is 33.6 Å². The molecule has 0 saturated carbocycles. The smallest absolute Gasteiger partial charge is 0.167 e. The summed E-state index contributed by atoms with van der Waals surface area (Å²) in [4.78, 5) is 13.6. The van der Waals surface area contributed by atoms with E-state index in [1.807, 2.05) is 0 Å². The first-order chi connectivity index (χ1) is 14.0. The number of fused-ring (bicyclic) bond motifs is 1.